The predicted molar refractivity (Wildman–Crippen MR) is 63.4 cm³/mol. The SMILES string of the molecule is C=CCOC(C)C(=O)OOC(=O)C(C)OCC=C. The molecule has 0 amide bonds. The van der Waals surface area contributed by atoms with E-state index < -0.39 is 24.1 Å². The molecule has 6 heteroatoms. The summed E-state index contributed by atoms with van der Waals surface area (Å²) < 4.78 is 9.96. The van der Waals surface area contributed by atoms with Crippen molar-refractivity contribution in [3.8, 4) is 0 Å². The van der Waals surface area contributed by atoms with Crippen LogP contribution in [-0.2, 0) is 28.8 Å². The molecule has 2 atom stereocenters. The molecule has 0 fully saturated rings. The molecule has 0 aromatic carbocycles. The summed E-state index contributed by atoms with van der Waals surface area (Å²) in [5.41, 5.74) is 0. The molecule has 0 aliphatic heterocycles. The number of rotatable bonds is 8. The van der Waals surface area contributed by atoms with Gasteiger partial charge in [-0.15, -0.1) is 13.2 Å². The third kappa shape index (κ3) is 6.82. The largest absolute Gasteiger partial charge is 0.383 e. The van der Waals surface area contributed by atoms with Gasteiger partial charge in [-0.25, -0.2) is 19.4 Å². The lowest BCUT2D eigenvalue weighted by molar-refractivity contribution is -0.270. The maximum absolute atomic E-state index is 11.3. The van der Waals surface area contributed by atoms with Gasteiger partial charge in [0.05, 0.1) is 13.2 Å². The Bertz CT molecular complexity index is 269. The molecule has 0 spiro atoms. The van der Waals surface area contributed by atoms with Crippen molar-refractivity contribution in [3.63, 3.8) is 0 Å². The Balaban J connectivity index is 3.92. The molecule has 0 aromatic rings. The third-order valence-electron chi connectivity index (χ3n) is 1.80. The Labute approximate surface area is 106 Å². The maximum atomic E-state index is 11.3. The number of hydrogen-bond acceptors (Lipinski definition) is 6. The second-order valence-electron chi connectivity index (χ2n) is 3.33. The van der Waals surface area contributed by atoms with E-state index >= 15 is 0 Å². The zero-order valence-corrected chi connectivity index (χ0v) is 10.6. The fourth-order valence-electron chi connectivity index (χ4n) is 0.778. The first-order valence-electron chi connectivity index (χ1n) is 5.40. The molecule has 0 saturated carbocycles. The molecule has 102 valence electrons. The fourth-order valence-corrected chi connectivity index (χ4v) is 0.778. The molecular weight excluding hydrogens is 240 g/mol. The van der Waals surface area contributed by atoms with E-state index in [1.807, 2.05) is 0 Å². The Hall–Kier alpha value is -1.66. The van der Waals surface area contributed by atoms with Crippen LogP contribution < -0.4 is 0 Å². The van der Waals surface area contributed by atoms with E-state index in [2.05, 4.69) is 22.9 Å². The summed E-state index contributed by atoms with van der Waals surface area (Å²) in [5, 5.41) is 0. The minimum absolute atomic E-state index is 0.197. The van der Waals surface area contributed by atoms with Gasteiger partial charge in [0.1, 0.15) is 0 Å². The van der Waals surface area contributed by atoms with Crippen molar-refractivity contribution in [2.45, 2.75) is 26.1 Å². The van der Waals surface area contributed by atoms with Gasteiger partial charge in [0.15, 0.2) is 12.2 Å². The smallest absolute Gasteiger partial charge is 0.363 e. The summed E-state index contributed by atoms with van der Waals surface area (Å²) in [6, 6.07) is 0. The van der Waals surface area contributed by atoms with Crippen molar-refractivity contribution in [2.24, 2.45) is 0 Å². The highest BCUT2D eigenvalue weighted by Gasteiger charge is 2.21. The molecule has 0 aromatic heterocycles. The van der Waals surface area contributed by atoms with E-state index in [0.717, 1.165) is 0 Å². The summed E-state index contributed by atoms with van der Waals surface area (Å²) in [6.07, 6.45) is 1.28. The monoisotopic (exact) mass is 258 g/mol. The van der Waals surface area contributed by atoms with Gasteiger partial charge >= 0.3 is 11.9 Å². The van der Waals surface area contributed by atoms with Crippen LogP contribution in [0.1, 0.15) is 13.8 Å². The standard InChI is InChI=1S/C12H18O6/c1-5-7-15-9(3)11(13)17-18-12(14)10(4)16-8-6-2/h5-6,9-10H,1-2,7-8H2,3-4H3. The highest BCUT2D eigenvalue weighted by molar-refractivity contribution is 5.77. The molecule has 0 aliphatic carbocycles. The second-order valence-corrected chi connectivity index (χ2v) is 3.33. The van der Waals surface area contributed by atoms with E-state index in [9.17, 15) is 9.59 Å². The van der Waals surface area contributed by atoms with Crippen molar-refractivity contribution in [3.05, 3.63) is 25.3 Å². The van der Waals surface area contributed by atoms with E-state index in [-0.39, 0.29) is 13.2 Å². The first kappa shape index (κ1) is 16.3. The highest BCUT2D eigenvalue weighted by Crippen LogP contribution is 1.99. The molecule has 0 aliphatic rings. The zero-order chi connectivity index (χ0) is 14.0. The van der Waals surface area contributed by atoms with Crippen LogP contribution in [0.5, 0.6) is 0 Å². The van der Waals surface area contributed by atoms with Crippen molar-refractivity contribution < 1.29 is 28.8 Å². The third-order valence-corrected chi connectivity index (χ3v) is 1.80. The lowest BCUT2D eigenvalue weighted by atomic mass is 10.4. The summed E-state index contributed by atoms with van der Waals surface area (Å²) in [4.78, 5) is 31.2. The van der Waals surface area contributed by atoms with Gasteiger partial charge in [-0.1, -0.05) is 12.2 Å². The Morgan fingerprint density at radius 1 is 0.944 bits per heavy atom. The molecular formula is C12H18O6. The lowest BCUT2D eigenvalue weighted by Crippen LogP contribution is -2.29. The van der Waals surface area contributed by atoms with Crippen LogP contribution in [0.3, 0.4) is 0 Å². The fraction of sp³-hybridized carbons (Fsp3) is 0.500. The normalized spacial score (nSPS) is 13.2. The molecule has 0 heterocycles. The summed E-state index contributed by atoms with van der Waals surface area (Å²) >= 11 is 0. The summed E-state index contributed by atoms with van der Waals surface area (Å²) in [7, 11) is 0. The number of carbonyl (C=O) groups is 2. The molecule has 0 bridgehead atoms. The van der Waals surface area contributed by atoms with Crippen molar-refractivity contribution >= 4 is 11.9 Å². The molecule has 0 N–H and O–H groups in total. The van der Waals surface area contributed by atoms with Gasteiger partial charge < -0.3 is 9.47 Å². The van der Waals surface area contributed by atoms with Crippen LogP contribution in [-0.4, -0.2) is 37.4 Å². The quantitative estimate of drug-likeness (QED) is 0.370. The van der Waals surface area contributed by atoms with Gasteiger partial charge in [0, 0.05) is 0 Å². The van der Waals surface area contributed by atoms with E-state index in [1.165, 1.54) is 26.0 Å². The Morgan fingerprint density at radius 3 is 1.56 bits per heavy atom. The number of hydrogen-bond donors (Lipinski definition) is 0. The van der Waals surface area contributed by atoms with Gasteiger partial charge in [-0.2, -0.15) is 0 Å². The Kier molecular flexibility index (Phi) is 8.51. The number of ether oxygens (including phenoxy) is 2. The van der Waals surface area contributed by atoms with Crippen LogP contribution in [0.2, 0.25) is 0 Å². The minimum Gasteiger partial charge on any atom is -0.363 e. The van der Waals surface area contributed by atoms with E-state index in [4.69, 9.17) is 9.47 Å². The van der Waals surface area contributed by atoms with Gasteiger partial charge in [0.25, 0.3) is 0 Å². The van der Waals surface area contributed by atoms with Crippen LogP contribution in [0.15, 0.2) is 25.3 Å². The van der Waals surface area contributed by atoms with Crippen molar-refractivity contribution in [2.75, 3.05) is 13.2 Å². The van der Waals surface area contributed by atoms with Crippen molar-refractivity contribution in [1.29, 1.82) is 0 Å². The maximum Gasteiger partial charge on any atom is 0.383 e. The van der Waals surface area contributed by atoms with Crippen LogP contribution >= 0.6 is 0 Å². The minimum atomic E-state index is -0.847. The van der Waals surface area contributed by atoms with E-state index in [0.29, 0.717) is 0 Å². The highest BCUT2D eigenvalue weighted by atomic mass is 17.2. The molecule has 2 unspecified atom stereocenters. The topological polar surface area (TPSA) is 71.1 Å². The lowest BCUT2D eigenvalue weighted by Gasteiger charge is -2.12. The zero-order valence-electron chi connectivity index (χ0n) is 10.6. The summed E-state index contributed by atoms with van der Waals surface area (Å²) in [6.45, 7) is 10.2. The van der Waals surface area contributed by atoms with Crippen LogP contribution in [0.4, 0.5) is 0 Å². The van der Waals surface area contributed by atoms with E-state index in [1.54, 1.807) is 0 Å². The van der Waals surface area contributed by atoms with Crippen LogP contribution in [0, 0.1) is 0 Å². The average molecular weight is 258 g/mol. The van der Waals surface area contributed by atoms with Gasteiger partial charge in [0.2, 0.25) is 0 Å². The molecule has 6 nitrogen and oxygen atoms in total. The van der Waals surface area contributed by atoms with Crippen molar-refractivity contribution in [1.82, 2.24) is 0 Å². The molecule has 0 saturated heterocycles. The van der Waals surface area contributed by atoms with Crippen LogP contribution in [0.25, 0.3) is 0 Å². The van der Waals surface area contributed by atoms with Gasteiger partial charge in [-0.3, -0.25) is 0 Å². The predicted octanol–water partition coefficient (Wildman–Crippen LogP) is 1.17. The second kappa shape index (κ2) is 9.38. The molecule has 0 radical (unpaired) electrons. The average Bonchev–Trinajstić information content (AvgIpc) is 2.38. The first-order chi connectivity index (χ1) is 8.52. The first-order valence-corrected chi connectivity index (χ1v) is 5.40. The molecule has 0 rings (SSSR count). The Morgan fingerprint density at radius 2 is 1.28 bits per heavy atom. The van der Waals surface area contributed by atoms with Gasteiger partial charge in [-0.05, 0) is 13.8 Å². The molecule has 18 heavy (non-hydrogen) atoms. The number of carbonyl (C=O) groups excluding carboxylic acids is 2. The summed E-state index contributed by atoms with van der Waals surface area (Å²) in [5.74, 6) is -1.61.